The van der Waals surface area contributed by atoms with Crippen molar-refractivity contribution in [2.45, 2.75) is 36.8 Å². The Labute approximate surface area is 122 Å². The van der Waals surface area contributed by atoms with Gasteiger partial charge in [0.15, 0.2) is 0 Å². The molecule has 2 unspecified atom stereocenters. The number of nitrogens with two attached hydrogens (primary N) is 1. The highest BCUT2D eigenvalue weighted by Crippen LogP contribution is 2.25. The van der Waals surface area contributed by atoms with Gasteiger partial charge in [-0.2, -0.15) is 0 Å². The quantitative estimate of drug-likeness (QED) is 0.485. The van der Waals surface area contributed by atoms with Crippen molar-refractivity contribution < 1.29 is 18.1 Å². The highest BCUT2D eigenvalue weighted by molar-refractivity contribution is 7.89. The summed E-state index contributed by atoms with van der Waals surface area (Å²) in [6, 6.07) is 3.16. The third-order valence-electron chi connectivity index (χ3n) is 3.31. The molecule has 2 atom stereocenters. The minimum Gasteiger partial charge on any atom is -0.393 e. The van der Waals surface area contributed by atoms with Crippen LogP contribution >= 0.6 is 0 Å². The van der Waals surface area contributed by atoms with Gasteiger partial charge in [0.05, 0.1) is 15.9 Å². The van der Waals surface area contributed by atoms with Crippen LogP contribution in [0.1, 0.15) is 19.8 Å². The van der Waals surface area contributed by atoms with Crippen molar-refractivity contribution in [3.63, 3.8) is 0 Å². The van der Waals surface area contributed by atoms with Crippen LogP contribution in [0, 0.1) is 10.1 Å². The van der Waals surface area contributed by atoms with Crippen molar-refractivity contribution in [3.8, 4) is 0 Å². The lowest BCUT2D eigenvalue weighted by molar-refractivity contribution is -0.383. The van der Waals surface area contributed by atoms with Gasteiger partial charge in [-0.15, -0.1) is 0 Å². The van der Waals surface area contributed by atoms with Gasteiger partial charge >= 0.3 is 0 Å². The molecule has 1 aliphatic heterocycles. The first-order valence-corrected chi connectivity index (χ1v) is 7.96. The molecule has 0 aliphatic carbocycles. The highest BCUT2D eigenvalue weighted by Gasteiger charge is 2.26. The Bertz CT molecular complexity index is 646. The maximum Gasteiger partial charge on any atom is 0.292 e. The lowest BCUT2D eigenvalue weighted by Crippen LogP contribution is -2.41. The number of nitro benzene ring substituents is 1. The molecule has 1 saturated heterocycles. The molecule has 116 valence electrons. The smallest absolute Gasteiger partial charge is 0.292 e. The number of nitrogens with zero attached hydrogens (tertiary/aromatic N) is 1. The van der Waals surface area contributed by atoms with Gasteiger partial charge in [0, 0.05) is 18.7 Å². The van der Waals surface area contributed by atoms with Crippen LogP contribution in [0.25, 0.3) is 0 Å². The first-order valence-electron chi connectivity index (χ1n) is 6.47. The van der Waals surface area contributed by atoms with Crippen molar-refractivity contribution >= 4 is 21.4 Å². The minimum absolute atomic E-state index is 0.00613. The number of nitrogens with one attached hydrogen (secondary N) is 1. The number of ether oxygens (including phenoxy) is 1. The summed E-state index contributed by atoms with van der Waals surface area (Å²) in [5.74, 6) is 0. The molecule has 1 fully saturated rings. The van der Waals surface area contributed by atoms with Crippen molar-refractivity contribution in [1.82, 2.24) is 4.72 Å². The standard InChI is InChI=1S/C12H17N3O5S/c1-8-6-9(4-5-20-8)14-21(18,19)10-2-3-12(15(16)17)11(13)7-10/h2-3,7-9,14H,4-6,13H2,1H3. The Hall–Kier alpha value is -1.71. The summed E-state index contributed by atoms with van der Waals surface area (Å²) in [6.45, 7) is 2.38. The number of anilines is 1. The summed E-state index contributed by atoms with van der Waals surface area (Å²) in [4.78, 5) is 9.95. The third-order valence-corrected chi connectivity index (χ3v) is 4.83. The molecular formula is C12H17N3O5S. The van der Waals surface area contributed by atoms with Crippen LogP contribution in [0.4, 0.5) is 11.4 Å². The Morgan fingerprint density at radius 2 is 2.19 bits per heavy atom. The number of nitro groups is 1. The molecular weight excluding hydrogens is 298 g/mol. The molecule has 0 radical (unpaired) electrons. The van der Waals surface area contributed by atoms with Crippen LogP contribution in [0.5, 0.6) is 0 Å². The monoisotopic (exact) mass is 315 g/mol. The summed E-state index contributed by atoms with van der Waals surface area (Å²) < 4.78 is 32.5. The van der Waals surface area contributed by atoms with Gasteiger partial charge in [0.25, 0.3) is 5.69 Å². The summed E-state index contributed by atoms with van der Waals surface area (Å²) in [7, 11) is -3.76. The van der Waals surface area contributed by atoms with E-state index in [2.05, 4.69) is 4.72 Å². The fraction of sp³-hybridized carbons (Fsp3) is 0.500. The number of hydrogen-bond acceptors (Lipinski definition) is 6. The second-order valence-electron chi connectivity index (χ2n) is 5.00. The Morgan fingerprint density at radius 3 is 2.76 bits per heavy atom. The van der Waals surface area contributed by atoms with Gasteiger partial charge in [-0.1, -0.05) is 0 Å². The molecule has 1 aliphatic rings. The Balaban J connectivity index is 2.19. The van der Waals surface area contributed by atoms with E-state index in [9.17, 15) is 18.5 Å². The van der Waals surface area contributed by atoms with E-state index in [4.69, 9.17) is 10.5 Å². The van der Waals surface area contributed by atoms with Gasteiger partial charge in [-0.05, 0) is 31.9 Å². The van der Waals surface area contributed by atoms with Crippen LogP contribution in [-0.4, -0.2) is 32.1 Å². The van der Waals surface area contributed by atoms with E-state index in [1.165, 1.54) is 6.07 Å². The van der Waals surface area contributed by atoms with E-state index in [-0.39, 0.29) is 28.4 Å². The van der Waals surface area contributed by atoms with Crippen LogP contribution in [0.3, 0.4) is 0 Å². The van der Waals surface area contributed by atoms with Crippen molar-refractivity contribution in [2.24, 2.45) is 0 Å². The molecule has 9 heteroatoms. The SMILES string of the molecule is CC1CC(NS(=O)(=O)c2ccc([N+](=O)[O-])c(N)c2)CCO1. The number of nitrogen functional groups attached to an aromatic ring is 1. The van der Waals surface area contributed by atoms with E-state index in [1.807, 2.05) is 6.92 Å². The fourth-order valence-electron chi connectivity index (χ4n) is 2.26. The van der Waals surface area contributed by atoms with E-state index in [0.717, 1.165) is 12.1 Å². The molecule has 0 amide bonds. The van der Waals surface area contributed by atoms with Gasteiger partial charge < -0.3 is 10.5 Å². The highest BCUT2D eigenvalue weighted by atomic mass is 32.2. The predicted octanol–water partition coefficient (Wildman–Crippen LogP) is 1.02. The summed E-state index contributed by atoms with van der Waals surface area (Å²) in [6.07, 6.45) is 1.17. The zero-order chi connectivity index (χ0) is 15.6. The molecule has 1 aromatic carbocycles. The minimum atomic E-state index is -3.76. The summed E-state index contributed by atoms with van der Waals surface area (Å²) >= 11 is 0. The van der Waals surface area contributed by atoms with Crippen LogP contribution in [0.2, 0.25) is 0 Å². The Morgan fingerprint density at radius 1 is 1.48 bits per heavy atom. The van der Waals surface area contributed by atoms with E-state index in [1.54, 1.807) is 0 Å². The normalized spacial score (nSPS) is 22.9. The van der Waals surface area contributed by atoms with Crippen molar-refractivity contribution in [1.29, 1.82) is 0 Å². The molecule has 0 saturated carbocycles. The maximum absolute atomic E-state index is 12.3. The van der Waals surface area contributed by atoms with Crippen LogP contribution in [0.15, 0.2) is 23.1 Å². The molecule has 0 spiro atoms. The number of rotatable bonds is 4. The van der Waals surface area contributed by atoms with Crippen molar-refractivity contribution in [3.05, 3.63) is 28.3 Å². The lowest BCUT2D eigenvalue weighted by atomic mass is 10.1. The molecule has 0 aromatic heterocycles. The predicted molar refractivity (Wildman–Crippen MR) is 76.3 cm³/mol. The average Bonchev–Trinajstić information content (AvgIpc) is 2.37. The van der Waals surface area contributed by atoms with E-state index in [0.29, 0.717) is 19.4 Å². The topological polar surface area (TPSA) is 125 Å². The molecule has 8 nitrogen and oxygen atoms in total. The molecule has 1 heterocycles. The first-order chi connectivity index (χ1) is 9.79. The zero-order valence-corrected chi connectivity index (χ0v) is 12.3. The molecule has 2 rings (SSSR count). The number of benzene rings is 1. The van der Waals surface area contributed by atoms with Crippen LogP contribution < -0.4 is 10.5 Å². The summed E-state index contributed by atoms with van der Waals surface area (Å²) in [5.41, 5.74) is 5.03. The maximum atomic E-state index is 12.3. The lowest BCUT2D eigenvalue weighted by Gasteiger charge is -2.27. The zero-order valence-electron chi connectivity index (χ0n) is 11.5. The third kappa shape index (κ3) is 3.69. The van der Waals surface area contributed by atoms with E-state index >= 15 is 0 Å². The van der Waals surface area contributed by atoms with E-state index < -0.39 is 14.9 Å². The van der Waals surface area contributed by atoms with Gasteiger partial charge in [-0.25, -0.2) is 13.1 Å². The number of sulfonamides is 1. The fourth-order valence-corrected chi connectivity index (χ4v) is 3.58. The molecule has 1 aromatic rings. The first kappa shape index (κ1) is 15.7. The van der Waals surface area contributed by atoms with Crippen LogP contribution in [-0.2, 0) is 14.8 Å². The average molecular weight is 315 g/mol. The Kier molecular flexibility index (Phi) is 4.45. The second kappa shape index (κ2) is 5.96. The second-order valence-corrected chi connectivity index (χ2v) is 6.72. The summed E-state index contributed by atoms with van der Waals surface area (Å²) in [5, 5.41) is 10.7. The molecule has 3 N–H and O–H groups in total. The number of hydrogen-bond donors (Lipinski definition) is 2. The molecule has 0 bridgehead atoms. The van der Waals surface area contributed by atoms with Crippen molar-refractivity contribution in [2.75, 3.05) is 12.3 Å². The van der Waals surface area contributed by atoms with Gasteiger partial charge in [0.1, 0.15) is 5.69 Å². The molecule has 21 heavy (non-hydrogen) atoms. The van der Waals surface area contributed by atoms with Gasteiger partial charge in [-0.3, -0.25) is 10.1 Å². The largest absolute Gasteiger partial charge is 0.393 e. The van der Waals surface area contributed by atoms with Gasteiger partial charge in [0.2, 0.25) is 10.0 Å².